The van der Waals surface area contributed by atoms with Crippen LogP contribution in [0.5, 0.6) is 0 Å². The third-order valence-electron chi connectivity index (χ3n) is 4.21. The molecule has 8 N–H and O–H groups in total. The van der Waals surface area contributed by atoms with Gasteiger partial charge in [0.05, 0.1) is 6.04 Å². The van der Waals surface area contributed by atoms with Crippen LogP contribution in [0.15, 0.2) is 47.5 Å². The molecule has 0 aromatic heterocycles. The molecule has 0 fully saturated rings. The number of benzene rings is 2. The lowest BCUT2D eigenvalue weighted by Crippen LogP contribution is -2.53. The number of amides is 2. The van der Waals surface area contributed by atoms with Crippen LogP contribution >= 0.6 is 0 Å². The zero-order valence-corrected chi connectivity index (χ0v) is 15.3. The van der Waals surface area contributed by atoms with Crippen LogP contribution < -0.4 is 27.8 Å². The van der Waals surface area contributed by atoms with Gasteiger partial charge in [-0.1, -0.05) is 30.3 Å². The number of fused-ring (bicyclic) bond motifs is 1. The normalized spacial score (nSPS) is 13.0. The number of carbonyl (C=O) groups is 2. The lowest BCUT2D eigenvalue weighted by atomic mass is 10.0. The smallest absolute Gasteiger partial charge is 0.244 e. The van der Waals surface area contributed by atoms with Gasteiger partial charge in [-0.2, -0.15) is 0 Å². The summed E-state index contributed by atoms with van der Waals surface area (Å²) in [5.41, 5.74) is 22.6. The van der Waals surface area contributed by atoms with Crippen LogP contribution in [-0.2, 0) is 9.59 Å². The van der Waals surface area contributed by atoms with E-state index in [4.69, 9.17) is 22.9 Å². The average molecular weight is 370 g/mol. The fourth-order valence-electron chi connectivity index (χ4n) is 2.90. The van der Waals surface area contributed by atoms with E-state index in [9.17, 15) is 9.59 Å². The summed E-state index contributed by atoms with van der Waals surface area (Å²) in [7, 11) is 0. The Balaban J connectivity index is 2.39. The molecule has 0 aliphatic rings. The predicted octanol–water partition coefficient (Wildman–Crippen LogP) is 0.428. The number of guanidine groups is 1. The van der Waals surface area contributed by atoms with E-state index in [0.29, 0.717) is 25.1 Å². The summed E-state index contributed by atoms with van der Waals surface area (Å²) >= 11 is 0. The quantitative estimate of drug-likeness (QED) is 0.301. The van der Waals surface area contributed by atoms with E-state index >= 15 is 0 Å². The SMILES string of the molecule is C[C@H](N)C(=O)N(c1ccc2ccccc2c1)[C@@H](CCCN=C(N)N)C(N)=O. The van der Waals surface area contributed by atoms with E-state index in [-0.39, 0.29) is 11.9 Å². The number of nitrogens with zero attached hydrogens (tertiary/aromatic N) is 2. The molecule has 8 heteroatoms. The Bertz CT molecular complexity index is 845. The highest BCUT2D eigenvalue weighted by Crippen LogP contribution is 2.25. The number of hydrogen-bond acceptors (Lipinski definition) is 4. The summed E-state index contributed by atoms with van der Waals surface area (Å²) < 4.78 is 0. The highest BCUT2D eigenvalue weighted by molar-refractivity contribution is 6.04. The number of hydrogen-bond donors (Lipinski definition) is 4. The summed E-state index contributed by atoms with van der Waals surface area (Å²) in [6.45, 7) is 1.91. The van der Waals surface area contributed by atoms with E-state index in [0.717, 1.165) is 10.8 Å². The molecule has 2 atom stereocenters. The molecule has 2 amide bonds. The molecular weight excluding hydrogens is 344 g/mol. The summed E-state index contributed by atoms with van der Waals surface area (Å²) in [4.78, 5) is 30.2. The van der Waals surface area contributed by atoms with Gasteiger partial charge in [0.2, 0.25) is 11.8 Å². The fraction of sp³-hybridized carbons (Fsp3) is 0.316. The van der Waals surface area contributed by atoms with E-state index in [1.165, 1.54) is 4.90 Å². The molecule has 0 spiro atoms. The lowest BCUT2D eigenvalue weighted by molar-refractivity contribution is -0.125. The van der Waals surface area contributed by atoms with E-state index in [1.54, 1.807) is 13.0 Å². The summed E-state index contributed by atoms with van der Waals surface area (Å²) in [6.07, 6.45) is 0.805. The van der Waals surface area contributed by atoms with Crippen molar-refractivity contribution in [3.8, 4) is 0 Å². The zero-order chi connectivity index (χ0) is 20.0. The van der Waals surface area contributed by atoms with E-state index in [2.05, 4.69) is 4.99 Å². The largest absolute Gasteiger partial charge is 0.370 e. The molecule has 0 aliphatic heterocycles. The molecule has 2 rings (SSSR count). The first kappa shape index (κ1) is 20.2. The standard InChI is InChI=1S/C19H26N6O2/c1-12(20)18(27)25(16(17(21)26)7-4-10-24-19(22)23)15-9-8-13-5-2-3-6-14(13)11-15/h2-3,5-6,8-9,11-12,16H,4,7,10,20H2,1H3,(H2,21,26)(H4,22,23,24)/t12-,16-/m0/s1. The van der Waals surface area contributed by atoms with Gasteiger partial charge in [0, 0.05) is 12.2 Å². The van der Waals surface area contributed by atoms with Crippen molar-refractivity contribution >= 4 is 34.2 Å². The second-order valence-electron chi connectivity index (χ2n) is 6.40. The van der Waals surface area contributed by atoms with Crippen molar-refractivity contribution in [1.82, 2.24) is 0 Å². The molecule has 0 bridgehead atoms. The molecule has 0 saturated heterocycles. The highest BCUT2D eigenvalue weighted by Gasteiger charge is 2.31. The summed E-state index contributed by atoms with van der Waals surface area (Å²) in [6, 6.07) is 11.6. The third kappa shape index (κ3) is 5.18. The molecule has 2 aromatic carbocycles. The van der Waals surface area contributed by atoms with E-state index < -0.39 is 18.0 Å². The van der Waals surface area contributed by atoms with Crippen LogP contribution in [0.25, 0.3) is 10.8 Å². The van der Waals surface area contributed by atoms with Gasteiger partial charge in [-0.15, -0.1) is 0 Å². The molecule has 27 heavy (non-hydrogen) atoms. The number of aliphatic imine (C=N–C) groups is 1. The van der Waals surface area contributed by atoms with Crippen molar-refractivity contribution < 1.29 is 9.59 Å². The molecule has 8 nitrogen and oxygen atoms in total. The Morgan fingerprint density at radius 1 is 1.07 bits per heavy atom. The van der Waals surface area contributed by atoms with Crippen LogP contribution in [0.1, 0.15) is 19.8 Å². The Hall–Kier alpha value is -3.13. The maximum Gasteiger partial charge on any atom is 0.244 e. The Morgan fingerprint density at radius 2 is 1.74 bits per heavy atom. The third-order valence-corrected chi connectivity index (χ3v) is 4.21. The van der Waals surface area contributed by atoms with Crippen molar-refractivity contribution in [2.24, 2.45) is 27.9 Å². The second kappa shape index (κ2) is 9.00. The van der Waals surface area contributed by atoms with Crippen molar-refractivity contribution in [1.29, 1.82) is 0 Å². The lowest BCUT2D eigenvalue weighted by Gasteiger charge is -2.31. The van der Waals surface area contributed by atoms with E-state index in [1.807, 2.05) is 36.4 Å². The first-order valence-corrected chi connectivity index (χ1v) is 8.73. The molecule has 144 valence electrons. The molecule has 0 aliphatic carbocycles. The van der Waals surface area contributed by atoms with Gasteiger partial charge in [-0.3, -0.25) is 19.5 Å². The van der Waals surface area contributed by atoms with Crippen molar-refractivity contribution in [3.05, 3.63) is 42.5 Å². The van der Waals surface area contributed by atoms with Crippen molar-refractivity contribution in [2.75, 3.05) is 11.4 Å². The van der Waals surface area contributed by atoms with Gasteiger partial charge in [0.1, 0.15) is 6.04 Å². The van der Waals surface area contributed by atoms with Gasteiger partial charge in [-0.05, 0) is 42.7 Å². The topological polar surface area (TPSA) is 154 Å². The number of nitrogens with two attached hydrogens (primary N) is 4. The first-order chi connectivity index (χ1) is 12.8. The second-order valence-corrected chi connectivity index (χ2v) is 6.40. The average Bonchev–Trinajstić information content (AvgIpc) is 2.63. The molecule has 2 aromatic rings. The van der Waals surface area contributed by atoms with Gasteiger partial charge in [0.25, 0.3) is 0 Å². The fourth-order valence-corrected chi connectivity index (χ4v) is 2.90. The van der Waals surface area contributed by atoms with Crippen LogP contribution in [0, 0.1) is 0 Å². The maximum absolute atomic E-state index is 12.8. The minimum Gasteiger partial charge on any atom is -0.370 e. The summed E-state index contributed by atoms with van der Waals surface area (Å²) in [5.74, 6) is -1.01. The number of primary amides is 1. The Labute approximate surface area is 158 Å². The van der Waals surface area contributed by atoms with Gasteiger partial charge in [-0.25, -0.2) is 0 Å². The first-order valence-electron chi connectivity index (χ1n) is 8.73. The summed E-state index contributed by atoms with van der Waals surface area (Å²) in [5, 5.41) is 1.97. The number of carbonyl (C=O) groups excluding carboxylic acids is 2. The Kier molecular flexibility index (Phi) is 6.73. The predicted molar refractivity (Wildman–Crippen MR) is 108 cm³/mol. The van der Waals surface area contributed by atoms with Crippen LogP contribution in [0.2, 0.25) is 0 Å². The molecule has 0 unspecified atom stereocenters. The van der Waals surface area contributed by atoms with Crippen molar-refractivity contribution in [2.45, 2.75) is 31.8 Å². The van der Waals surface area contributed by atoms with Crippen LogP contribution in [0.3, 0.4) is 0 Å². The number of rotatable bonds is 8. The maximum atomic E-state index is 12.8. The number of anilines is 1. The monoisotopic (exact) mass is 370 g/mol. The minimum absolute atomic E-state index is 0.0244. The van der Waals surface area contributed by atoms with Crippen LogP contribution in [-0.4, -0.2) is 36.4 Å². The van der Waals surface area contributed by atoms with Gasteiger partial charge >= 0.3 is 0 Å². The zero-order valence-electron chi connectivity index (χ0n) is 15.3. The molecule has 0 saturated carbocycles. The highest BCUT2D eigenvalue weighted by atomic mass is 16.2. The van der Waals surface area contributed by atoms with Gasteiger partial charge < -0.3 is 22.9 Å². The van der Waals surface area contributed by atoms with Crippen LogP contribution in [0.4, 0.5) is 5.69 Å². The molecule has 0 radical (unpaired) electrons. The molecular formula is C19H26N6O2. The Morgan fingerprint density at radius 3 is 2.33 bits per heavy atom. The minimum atomic E-state index is -0.848. The van der Waals surface area contributed by atoms with Gasteiger partial charge in [0.15, 0.2) is 5.96 Å². The molecule has 0 heterocycles. The van der Waals surface area contributed by atoms with Crippen molar-refractivity contribution in [3.63, 3.8) is 0 Å².